The van der Waals surface area contributed by atoms with Crippen molar-refractivity contribution in [3.63, 3.8) is 0 Å². The summed E-state index contributed by atoms with van der Waals surface area (Å²) in [7, 11) is 0. The molecule has 2 aromatic heterocycles. The Balaban J connectivity index is 0.00000323. The number of esters is 1. The van der Waals surface area contributed by atoms with Crippen LogP contribution < -0.4 is 21.5 Å². The maximum absolute atomic E-state index is 15.0. The number of cyclic esters (lactones) is 1. The van der Waals surface area contributed by atoms with Crippen LogP contribution in [-0.4, -0.2) is 48.1 Å². The van der Waals surface area contributed by atoms with Crippen molar-refractivity contribution in [2.45, 2.75) is 58.2 Å². The van der Waals surface area contributed by atoms with Crippen LogP contribution in [0, 0.1) is 12.7 Å². The Labute approximate surface area is 225 Å². The van der Waals surface area contributed by atoms with Crippen LogP contribution in [0.15, 0.2) is 16.9 Å². The van der Waals surface area contributed by atoms with Crippen LogP contribution in [0.5, 0.6) is 0 Å². The van der Waals surface area contributed by atoms with Crippen LogP contribution in [0.1, 0.15) is 65.1 Å². The summed E-state index contributed by atoms with van der Waals surface area (Å²) in [6, 6.07) is 3.44. The van der Waals surface area contributed by atoms with E-state index in [1.807, 2.05) is 19.9 Å². The van der Waals surface area contributed by atoms with Gasteiger partial charge in [0.2, 0.25) is 0 Å². The first-order valence-corrected chi connectivity index (χ1v) is 13.6. The van der Waals surface area contributed by atoms with Crippen LogP contribution in [0.25, 0.3) is 22.3 Å². The molecule has 4 heterocycles. The van der Waals surface area contributed by atoms with Gasteiger partial charge in [0, 0.05) is 42.7 Å². The van der Waals surface area contributed by atoms with E-state index in [0.29, 0.717) is 72.7 Å². The number of fused-ring (bicyclic) bond motifs is 5. The fourth-order valence-electron chi connectivity index (χ4n) is 6.44. The minimum Gasteiger partial charge on any atom is -0.529 e. The van der Waals surface area contributed by atoms with Gasteiger partial charge in [-0.15, -0.1) is 0 Å². The Hall–Kier alpha value is -4.63. The molecule has 1 amide bonds. The van der Waals surface area contributed by atoms with Crippen molar-refractivity contribution in [1.29, 1.82) is 0 Å². The minimum absolute atomic E-state index is 0. The number of aryl methyl sites for hydroxylation is 1. The van der Waals surface area contributed by atoms with Crippen molar-refractivity contribution in [3.05, 3.63) is 61.7 Å². The fourth-order valence-corrected chi connectivity index (χ4v) is 6.44. The minimum atomic E-state index is -0.483. The first kappa shape index (κ1) is 27.0. The third kappa shape index (κ3) is 4.10. The normalized spacial score (nSPS) is 18.4. The zero-order chi connectivity index (χ0) is 27.3. The molecule has 0 radical (unpaired) electrons. The molecule has 0 saturated heterocycles. The molecular formula is C29H31FFmN5O4-. The van der Waals surface area contributed by atoms with Gasteiger partial charge in [-0.2, -0.15) is 6.41 Å². The topological polar surface area (TPSA) is 114 Å². The standard InChI is InChI=1S/C29H31FN5O4.Fm/c1-3-16-18-10-24-27-19(12-35(24)28(37)20(18)13-39-29(16)38)26-22(33-9-8-31-6-7-32-14-36)5-4-17-15(2)21(30)11-23(34-27)25(17)26;/h10-11,16,22,31,33H,3-9,12-13H2,1-2H3,(H,32,36);/q-1;. The largest absolute Gasteiger partial charge is 0.529 e. The van der Waals surface area contributed by atoms with E-state index in [4.69, 9.17) is 9.72 Å². The number of nitrogens with zero attached hydrogens (tertiary/aromatic N) is 2. The SMILES string of the molecule is CCC1C(=O)OCc2c1cc1n(c2=O)Cc2c-1nc1cc(F)c(C)c3c1c2C(NCCNCCN[C-]=O)CC3.[Fm]. The second-order valence-electron chi connectivity index (χ2n) is 10.5. The van der Waals surface area contributed by atoms with Gasteiger partial charge < -0.3 is 30.0 Å². The Morgan fingerprint density at radius 1 is 1.15 bits per heavy atom. The van der Waals surface area contributed by atoms with Gasteiger partial charge in [-0.1, -0.05) is 6.92 Å². The molecule has 1 aromatic carbocycles. The second-order valence-corrected chi connectivity index (χ2v) is 10.5. The molecular weight excluding hydrogens is 758 g/mol. The number of hydrogen-bond acceptors (Lipinski definition) is 7. The molecule has 0 bridgehead atoms. The maximum Gasteiger partial charge on any atom is 0.313 e. The van der Waals surface area contributed by atoms with Crippen molar-refractivity contribution >= 4 is 23.3 Å². The molecule has 9 nitrogen and oxygen atoms in total. The number of ether oxygens (including phenoxy) is 1. The molecule has 6 rings (SSSR count). The predicted molar refractivity (Wildman–Crippen MR) is 144 cm³/mol. The molecule has 2 unspecified atom stereocenters. The Morgan fingerprint density at radius 3 is 2.73 bits per heavy atom. The number of carbonyl (C=O) groups is 1. The maximum atomic E-state index is 15.0. The number of pyridine rings is 2. The molecule has 3 aromatic rings. The summed E-state index contributed by atoms with van der Waals surface area (Å²) in [6.07, 6.45) is 3.73. The van der Waals surface area contributed by atoms with Gasteiger partial charge in [0.15, 0.2) is 0 Å². The zero-order valence-corrected chi connectivity index (χ0v) is 24.8. The molecule has 1 aliphatic carbocycles. The van der Waals surface area contributed by atoms with Crippen LogP contribution in [0.3, 0.4) is 0 Å². The van der Waals surface area contributed by atoms with Crippen LogP contribution in [0.4, 0.5) is 4.39 Å². The monoisotopic (exact) mass is 789 g/mol. The number of carbonyl (C=O) groups excluding carboxylic acids is 2. The number of nitrogens with one attached hydrogen (secondary N) is 3. The summed E-state index contributed by atoms with van der Waals surface area (Å²) in [6.45, 7) is 6.64. The van der Waals surface area contributed by atoms with E-state index in [2.05, 4.69) is 16.0 Å². The van der Waals surface area contributed by atoms with Gasteiger partial charge in [0.05, 0.1) is 34.9 Å². The third-order valence-electron chi connectivity index (χ3n) is 8.39. The quantitative estimate of drug-likeness (QED) is 0.103. The van der Waals surface area contributed by atoms with Crippen LogP contribution in [0.2, 0.25) is 0 Å². The molecule has 40 heavy (non-hydrogen) atoms. The van der Waals surface area contributed by atoms with E-state index in [0.717, 1.165) is 34.9 Å². The number of benzene rings is 1. The van der Waals surface area contributed by atoms with Gasteiger partial charge in [-0.25, -0.2) is 9.37 Å². The Kier molecular flexibility index (Phi) is 7.08. The van der Waals surface area contributed by atoms with E-state index >= 15 is 4.39 Å². The number of aromatic nitrogens is 2. The zero-order valence-electron chi connectivity index (χ0n) is 22.4. The Bertz CT molecular complexity index is 1570. The Morgan fingerprint density at radius 2 is 1.95 bits per heavy atom. The van der Waals surface area contributed by atoms with E-state index < -0.39 is 5.92 Å². The molecule has 0 fully saturated rings. The number of rotatable bonds is 9. The van der Waals surface area contributed by atoms with Crippen LogP contribution in [-0.2, 0) is 33.9 Å². The molecule has 2 aliphatic heterocycles. The molecule has 0 saturated carbocycles. The summed E-state index contributed by atoms with van der Waals surface area (Å²) in [4.78, 5) is 41.4. The summed E-state index contributed by atoms with van der Waals surface area (Å²) < 4.78 is 22.1. The summed E-state index contributed by atoms with van der Waals surface area (Å²) in [5.41, 5.74) is 6.72. The van der Waals surface area contributed by atoms with Crippen molar-refractivity contribution < 1.29 is 18.7 Å². The van der Waals surface area contributed by atoms with Gasteiger partial charge in [0.25, 0.3) is 5.56 Å². The first-order valence-electron chi connectivity index (χ1n) is 13.6. The van der Waals surface area contributed by atoms with E-state index in [-0.39, 0.29) is 30.0 Å². The van der Waals surface area contributed by atoms with Crippen LogP contribution >= 0.6 is 0 Å². The predicted octanol–water partition coefficient (Wildman–Crippen LogP) is 2.25. The van der Waals surface area contributed by atoms with Crippen molar-refractivity contribution in [1.82, 2.24) is 25.5 Å². The molecule has 2 atom stereocenters. The molecule has 3 N–H and O–H groups in total. The summed E-state index contributed by atoms with van der Waals surface area (Å²) in [5.74, 6) is -1.07. The average molecular weight is 790 g/mol. The van der Waals surface area contributed by atoms with Gasteiger partial charge >= 0.3 is 5.97 Å². The van der Waals surface area contributed by atoms with Gasteiger partial charge in [-0.3, -0.25) is 9.59 Å². The average Bonchev–Trinajstić information content (AvgIpc) is 3.30. The van der Waals surface area contributed by atoms with E-state index in [1.165, 1.54) is 6.07 Å². The molecule has 3 aliphatic rings. The second kappa shape index (κ2) is 10.5. The van der Waals surface area contributed by atoms with E-state index in [9.17, 15) is 14.4 Å². The van der Waals surface area contributed by atoms with Crippen molar-refractivity contribution in [2.75, 3.05) is 26.2 Å². The number of hydrogen-bond donors (Lipinski definition) is 3. The van der Waals surface area contributed by atoms with E-state index in [1.54, 1.807) is 11.0 Å². The fraction of sp³-hybridized carbons (Fsp3) is 0.448. The summed E-state index contributed by atoms with van der Waals surface area (Å²) in [5, 5.41) is 10.4. The van der Waals surface area contributed by atoms with Crippen molar-refractivity contribution in [3.8, 4) is 11.4 Å². The summed E-state index contributed by atoms with van der Waals surface area (Å²) >= 11 is 0. The van der Waals surface area contributed by atoms with Crippen molar-refractivity contribution in [2.24, 2.45) is 0 Å². The van der Waals surface area contributed by atoms with Gasteiger partial charge in [-0.05, 0) is 61.1 Å². The third-order valence-corrected chi connectivity index (χ3v) is 8.39. The molecule has 11 heteroatoms. The number of amides is 1. The smallest absolute Gasteiger partial charge is 0.313 e. The first-order chi connectivity index (χ1) is 18.9. The van der Waals surface area contributed by atoms with Gasteiger partial charge in [0.1, 0.15) is 12.4 Å². The molecule has 0 spiro atoms. The number of halogens is 1. The molecule has 216 valence electrons.